The van der Waals surface area contributed by atoms with Gasteiger partial charge in [0.2, 0.25) is 0 Å². The van der Waals surface area contributed by atoms with Crippen LogP contribution in [-0.2, 0) is 6.54 Å². The Morgan fingerprint density at radius 2 is 2.31 bits per heavy atom. The lowest BCUT2D eigenvalue weighted by Crippen LogP contribution is -2.24. The van der Waals surface area contributed by atoms with Gasteiger partial charge in [-0.25, -0.2) is 0 Å². The summed E-state index contributed by atoms with van der Waals surface area (Å²) >= 11 is 3.37. The van der Waals surface area contributed by atoms with E-state index in [1.807, 2.05) is 6.20 Å². The minimum Gasteiger partial charge on any atom is -0.326 e. The summed E-state index contributed by atoms with van der Waals surface area (Å²) in [5.74, 6) is 0. The Morgan fingerprint density at radius 3 is 2.85 bits per heavy atom. The van der Waals surface area contributed by atoms with Crippen molar-refractivity contribution in [3.05, 3.63) is 32.7 Å². The van der Waals surface area contributed by atoms with E-state index < -0.39 is 0 Å². The van der Waals surface area contributed by atoms with Crippen molar-refractivity contribution in [3.63, 3.8) is 0 Å². The maximum atomic E-state index is 11.7. The maximum Gasteiger partial charge on any atom is 0.255 e. The van der Waals surface area contributed by atoms with Crippen LogP contribution in [0.15, 0.2) is 21.5 Å². The molecule has 4 heteroatoms. The molecule has 1 saturated carbocycles. The number of rotatable bonds is 2. The van der Waals surface area contributed by atoms with Gasteiger partial charge in [-0.3, -0.25) is 4.79 Å². The summed E-state index contributed by atoms with van der Waals surface area (Å²) in [6, 6.07) is 2.21. The SMILES string of the molecule is NCc1cc(Br)cn(C2CC2)c1=O. The van der Waals surface area contributed by atoms with Crippen LogP contribution in [0.2, 0.25) is 0 Å². The van der Waals surface area contributed by atoms with E-state index in [2.05, 4.69) is 15.9 Å². The molecule has 1 aliphatic carbocycles. The smallest absolute Gasteiger partial charge is 0.255 e. The molecular weight excluding hydrogens is 232 g/mol. The van der Waals surface area contributed by atoms with E-state index in [0.717, 1.165) is 17.3 Å². The van der Waals surface area contributed by atoms with Gasteiger partial charge in [-0.15, -0.1) is 0 Å². The van der Waals surface area contributed by atoms with E-state index in [0.29, 0.717) is 18.2 Å². The highest BCUT2D eigenvalue weighted by atomic mass is 79.9. The summed E-state index contributed by atoms with van der Waals surface area (Å²) in [4.78, 5) is 11.7. The molecule has 1 aliphatic rings. The summed E-state index contributed by atoms with van der Waals surface area (Å²) in [5.41, 5.74) is 6.22. The third-order valence-corrected chi connectivity index (χ3v) is 2.68. The van der Waals surface area contributed by atoms with Crippen LogP contribution in [0.4, 0.5) is 0 Å². The fraction of sp³-hybridized carbons (Fsp3) is 0.444. The van der Waals surface area contributed by atoms with Crippen molar-refractivity contribution in [2.45, 2.75) is 25.4 Å². The normalized spacial score (nSPS) is 16.2. The lowest BCUT2D eigenvalue weighted by molar-refractivity contribution is 0.693. The molecule has 0 saturated heterocycles. The Morgan fingerprint density at radius 1 is 1.62 bits per heavy atom. The van der Waals surface area contributed by atoms with E-state index in [1.165, 1.54) is 0 Å². The van der Waals surface area contributed by atoms with Crippen LogP contribution in [-0.4, -0.2) is 4.57 Å². The van der Waals surface area contributed by atoms with Crippen LogP contribution in [0.25, 0.3) is 0 Å². The highest BCUT2D eigenvalue weighted by Crippen LogP contribution is 2.33. The number of hydrogen-bond donors (Lipinski definition) is 1. The highest BCUT2D eigenvalue weighted by molar-refractivity contribution is 9.10. The van der Waals surface area contributed by atoms with Crippen LogP contribution in [0.5, 0.6) is 0 Å². The lowest BCUT2D eigenvalue weighted by atomic mass is 10.3. The summed E-state index contributed by atoms with van der Waals surface area (Å²) < 4.78 is 2.71. The van der Waals surface area contributed by atoms with E-state index in [-0.39, 0.29) is 5.56 Å². The summed E-state index contributed by atoms with van der Waals surface area (Å²) in [5, 5.41) is 0. The first-order valence-electron chi connectivity index (χ1n) is 4.33. The molecule has 0 radical (unpaired) electrons. The standard InChI is InChI=1S/C9H11BrN2O/c10-7-3-6(4-11)9(13)12(5-7)8-1-2-8/h3,5,8H,1-2,4,11H2. The van der Waals surface area contributed by atoms with Gasteiger partial charge in [0.15, 0.2) is 0 Å². The molecule has 0 amide bonds. The summed E-state index contributed by atoms with van der Waals surface area (Å²) in [6.07, 6.45) is 4.07. The van der Waals surface area contributed by atoms with Gasteiger partial charge in [0, 0.05) is 28.8 Å². The van der Waals surface area contributed by atoms with Crippen molar-refractivity contribution in [2.24, 2.45) is 5.73 Å². The average Bonchev–Trinajstić information content (AvgIpc) is 2.91. The van der Waals surface area contributed by atoms with E-state index in [1.54, 1.807) is 10.6 Å². The molecule has 1 aromatic rings. The molecule has 0 bridgehead atoms. The van der Waals surface area contributed by atoms with Crippen LogP contribution in [0.3, 0.4) is 0 Å². The summed E-state index contributed by atoms with van der Waals surface area (Å²) in [6.45, 7) is 0.311. The van der Waals surface area contributed by atoms with Gasteiger partial charge in [0.05, 0.1) is 0 Å². The molecule has 2 rings (SSSR count). The molecule has 3 nitrogen and oxygen atoms in total. The van der Waals surface area contributed by atoms with Crippen molar-refractivity contribution in [2.75, 3.05) is 0 Å². The number of aromatic nitrogens is 1. The molecule has 13 heavy (non-hydrogen) atoms. The van der Waals surface area contributed by atoms with Crippen molar-refractivity contribution < 1.29 is 0 Å². The first-order valence-corrected chi connectivity index (χ1v) is 5.12. The number of halogens is 1. The molecule has 1 fully saturated rings. The zero-order chi connectivity index (χ0) is 9.42. The average molecular weight is 243 g/mol. The molecule has 0 unspecified atom stereocenters. The third-order valence-electron chi connectivity index (χ3n) is 2.24. The molecule has 0 aliphatic heterocycles. The second kappa shape index (κ2) is 3.27. The van der Waals surface area contributed by atoms with Crippen molar-refractivity contribution in [1.82, 2.24) is 4.57 Å². The highest BCUT2D eigenvalue weighted by Gasteiger charge is 2.25. The second-order valence-electron chi connectivity index (χ2n) is 3.33. The maximum absolute atomic E-state index is 11.7. The van der Waals surface area contributed by atoms with E-state index >= 15 is 0 Å². The molecular formula is C9H11BrN2O. The minimum absolute atomic E-state index is 0.0631. The fourth-order valence-electron chi connectivity index (χ4n) is 1.39. The van der Waals surface area contributed by atoms with Gasteiger partial charge in [-0.2, -0.15) is 0 Å². The van der Waals surface area contributed by atoms with Crippen LogP contribution < -0.4 is 11.3 Å². The number of hydrogen-bond acceptors (Lipinski definition) is 2. The zero-order valence-electron chi connectivity index (χ0n) is 7.16. The van der Waals surface area contributed by atoms with Crippen molar-refractivity contribution >= 4 is 15.9 Å². The Kier molecular flexibility index (Phi) is 2.26. The van der Waals surface area contributed by atoms with Gasteiger partial charge in [0.25, 0.3) is 5.56 Å². The third kappa shape index (κ3) is 1.69. The van der Waals surface area contributed by atoms with Crippen LogP contribution in [0, 0.1) is 0 Å². The molecule has 1 heterocycles. The van der Waals surface area contributed by atoms with Gasteiger partial charge >= 0.3 is 0 Å². The Hall–Kier alpha value is -0.610. The van der Waals surface area contributed by atoms with Gasteiger partial charge in [0.1, 0.15) is 0 Å². The Labute approximate surface area is 84.7 Å². The predicted octanol–water partition coefficient (Wildman–Crippen LogP) is 1.40. The molecule has 70 valence electrons. The minimum atomic E-state index is 0.0631. The van der Waals surface area contributed by atoms with Gasteiger partial charge < -0.3 is 10.3 Å². The molecule has 1 aromatic heterocycles. The largest absolute Gasteiger partial charge is 0.326 e. The van der Waals surface area contributed by atoms with E-state index in [4.69, 9.17) is 5.73 Å². The number of nitrogens with zero attached hydrogens (tertiary/aromatic N) is 1. The topological polar surface area (TPSA) is 48.0 Å². The zero-order valence-corrected chi connectivity index (χ0v) is 8.75. The molecule has 0 atom stereocenters. The second-order valence-corrected chi connectivity index (χ2v) is 4.25. The molecule has 2 N–H and O–H groups in total. The summed E-state index contributed by atoms with van der Waals surface area (Å²) in [7, 11) is 0. The van der Waals surface area contributed by atoms with Gasteiger partial charge in [-0.05, 0) is 34.8 Å². The van der Waals surface area contributed by atoms with Crippen LogP contribution in [0.1, 0.15) is 24.4 Å². The number of pyridine rings is 1. The predicted molar refractivity (Wildman–Crippen MR) is 54.6 cm³/mol. The number of nitrogens with two attached hydrogens (primary N) is 1. The van der Waals surface area contributed by atoms with E-state index in [9.17, 15) is 4.79 Å². The first-order chi connectivity index (χ1) is 6.22. The van der Waals surface area contributed by atoms with Gasteiger partial charge in [-0.1, -0.05) is 0 Å². The Balaban J connectivity index is 2.54. The molecule has 0 aromatic carbocycles. The van der Waals surface area contributed by atoms with Crippen molar-refractivity contribution in [1.29, 1.82) is 0 Å². The Bertz CT molecular complexity index is 382. The fourth-order valence-corrected chi connectivity index (χ4v) is 1.89. The first kappa shape index (κ1) is 8.97. The van der Waals surface area contributed by atoms with Crippen LogP contribution >= 0.6 is 15.9 Å². The molecule has 0 spiro atoms. The monoisotopic (exact) mass is 242 g/mol. The van der Waals surface area contributed by atoms with Crippen molar-refractivity contribution in [3.8, 4) is 0 Å². The lowest BCUT2D eigenvalue weighted by Gasteiger charge is -2.06. The quantitative estimate of drug-likeness (QED) is 0.853.